The number of likely N-dealkylation sites (N-methyl/N-ethyl adjacent to an activating group) is 1. The molecular weight excluding hydrogens is 552 g/mol. The molecule has 1 amide bonds. The Hall–Kier alpha value is -1.61. The predicted molar refractivity (Wildman–Crippen MR) is 140 cm³/mol. The van der Waals surface area contributed by atoms with Crippen molar-refractivity contribution >= 4 is 75.4 Å². The average Bonchev–Trinajstić information content (AvgIpc) is 3.51. The number of amides is 1. The maximum absolute atomic E-state index is 13.8. The summed E-state index contributed by atoms with van der Waals surface area (Å²) in [6, 6.07) is 6.78. The van der Waals surface area contributed by atoms with E-state index in [9.17, 15) is 21.6 Å². The first-order valence-corrected chi connectivity index (χ1v) is 16.1. The Morgan fingerprint density at radius 3 is 2.51 bits per heavy atom. The summed E-state index contributed by atoms with van der Waals surface area (Å²) in [5, 5.41) is 0.404. The van der Waals surface area contributed by atoms with E-state index in [4.69, 9.17) is 11.6 Å². The molecule has 0 N–H and O–H groups in total. The molecule has 1 unspecified atom stereocenters. The van der Waals surface area contributed by atoms with E-state index in [0.29, 0.717) is 45.6 Å². The van der Waals surface area contributed by atoms with Crippen molar-refractivity contribution in [3.05, 3.63) is 34.7 Å². The molecule has 190 valence electrons. The number of rotatable bonds is 8. The van der Waals surface area contributed by atoms with Crippen LogP contribution in [0, 0.1) is 0 Å². The average molecular weight is 577 g/mol. The molecule has 14 heteroatoms. The SMILES string of the molecule is CN(C)CCN(C(=O)C1CCCN1S(=O)(=O)c1ccc(Cl)s1)c1nc2ccc(S(C)(=O)=O)cc2s1. The summed E-state index contributed by atoms with van der Waals surface area (Å²) in [6.45, 7) is 1.09. The normalized spacial score (nSPS) is 17.5. The van der Waals surface area contributed by atoms with Crippen molar-refractivity contribution in [2.45, 2.75) is 28.0 Å². The Kier molecular flexibility index (Phi) is 7.59. The summed E-state index contributed by atoms with van der Waals surface area (Å²) in [7, 11) is -3.51. The fourth-order valence-electron chi connectivity index (χ4n) is 3.85. The van der Waals surface area contributed by atoms with E-state index < -0.39 is 25.9 Å². The number of benzene rings is 1. The van der Waals surface area contributed by atoms with Gasteiger partial charge >= 0.3 is 0 Å². The van der Waals surface area contributed by atoms with Gasteiger partial charge in [0.2, 0.25) is 5.91 Å². The number of anilines is 1. The van der Waals surface area contributed by atoms with Crippen LogP contribution in [0.25, 0.3) is 10.2 Å². The lowest BCUT2D eigenvalue weighted by atomic mass is 10.2. The molecule has 35 heavy (non-hydrogen) atoms. The first kappa shape index (κ1) is 26.5. The number of aromatic nitrogens is 1. The lowest BCUT2D eigenvalue weighted by Crippen LogP contribution is -2.49. The van der Waals surface area contributed by atoms with Gasteiger partial charge in [0.1, 0.15) is 10.3 Å². The monoisotopic (exact) mass is 576 g/mol. The molecule has 1 aliphatic heterocycles. The number of carbonyl (C=O) groups excluding carboxylic acids is 1. The van der Waals surface area contributed by atoms with Crippen molar-refractivity contribution in [1.82, 2.24) is 14.2 Å². The molecule has 2 aromatic heterocycles. The number of thiophene rings is 1. The summed E-state index contributed by atoms with van der Waals surface area (Å²) in [4.78, 5) is 22.0. The second kappa shape index (κ2) is 10.0. The van der Waals surface area contributed by atoms with Crippen LogP contribution in [0.1, 0.15) is 12.8 Å². The summed E-state index contributed by atoms with van der Waals surface area (Å²) in [5.74, 6) is -0.349. The van der Waals surface area contributed by atoms with Crippen LogP contribution in [-0.2, 0) is 24.7 Å². The van der Waals surface area contributed by atoms with Gasteiger partial charge in [-0.2, -0.15) is 4.31 Å². The molecule has 0 saturated carbocycles. The molecule has 1 aliphatic rings. The molecule has 1 aromatic carbocycles. The predicted octanol–water partition coefficient (Wildman–Crippen LogP) is 3.16. The number of carbonyl (C=O) groups is 1. The van der Waals surface area contributed by atoms with E-state index in [0.717, 1.165) is 17.6 Å². The van der Waals surface area contributed by atoms with Crippen molar-refractivity contribution < 1.29 is 21.6 Å². The summed E-state index contributed by atoms with van der Waals surface area (Å²) < 4.78 is 52.9. The molecule has 9 nitrogen and oxygen atoms in total. The number of sulfone groups is 1. The van der Waals surface area contributed by atoms with Gasteiger partial charge in [-0.1, -0.05) is 22.9 Å². The molecule has 0 bridgehead atoms. The van der Waals surface area contributed by atoms with E-state index in [1.165, 1.54) is 38.7 Å². The Bertz CT molecular complexity index is 1470. The first-order chi connectivity index (χ1) is 16.4. The molecule has 0 aliphatic carbocycles. The third-order valence-corrected chi connectivity index (χ3v) is 11.4. The van der Waals surface area contributed by atoms with Crippen LogP contribution in [-0.4, -0.2) is 83.0 Å². The van der Waals surface area contributed by atoms with Crippen LogP contribution in [0.3, 0.4) is 0 Å². The summed E-state index contributed by atoms with van der Waals surface area (Å²) >= 11 is 8.14. The molecular formula is C21H25ClN4O5S4. The van der Waals surface area contributed by atoms with Gasteiger partial charge in [-0.25, -0.2) is 21.8 Å². The highest BCUT2D eigenvalue weighted by atomic mass is 35.5. The minimum atomic E-state index is -3.88. The van der Waals surface area contributed by atoms with Crippen molar-refractivity contribution in [3.63, 3.8) is 0 Å². The standard InChI is InChI=1S/C21H25ClN4O5S4/c1-24(2)11-12-25(21-23-15-7-6-14(34(3,28)29)13-17(15)32-21)20(27)16-5-4-10-26(16)35(30,31)19-9-8-18(22)33-19/h6-9,13,16H,4-5,10-12H2,1-3H3. The van der Waals surface area contributed by atoms with Crippen LogP contribution in [0.5, 0.6) is 0 Å². The number of halogens is 1. The fraction of sp³-hybridized carbons (Fsp3) is 0.429. The smallest absolute Gasteiger partial charge is 0.253 e. The van der Waals surface area contributed by atoms with Crippen LogP contribution in [0.15, 0.2) is 39.4 Å². The Balaban J connectivity index is 1.70. The van der Waals surface area contributed by atoms with E-state index in [-0.39, 0.29) is 21.6 Å². The van der Waals surface area contributed by atoms with E-state index >= 15 is 0 Å². The summed E-state index contributed by atoms with van der Waals surface area (Å²) in [5.41, 5.74) is 0.573. The Morgan fingerprint density at radius 1 is 1.14 bits per heavy atom. The highest BCUT2D eigenvalue weighted by Gasteiger charge is 2.42. The first-order valence-electron chi connectivity index (χ1n) is 10.7. The van der Waals surface area contributed by atoms with Crippen LogP contribution in [0.2, 0.25) is 4.34 Å². The summed E-state index contributed by atoms with van der Waals surface area (Å²) in [6.07, 6.45) is 2.10. The maximum Gasteiger partial charge on any atom is 0.253 e. The van der Waals surface area contributed by atoms with Gasteiger partial charge in [-0.3, -0.25) is 9.69 Å². The van der Waals surface area contributed by atoms with Gasteiger partial charge in [0.25, 0.3) is 10.0 Å². The third-order valence-electron chi connectivity index (χ3n) is 5.64. The molecule has 3 heterocycles. The van der Waals surface area contributed by atoms with Gasteiger partial charge in [0, 0.05) is 25.9 Å². The van der Waals surface area contributed by atoms with Gasteiger partial charge in [0.15, 0.2) is 15.0 Å². The molecule has 1 fully saturated rings. The van der Waals surface area contributed by atoms with Crippen LogP contribution >= 0.6 is 34.3 Å². The van der Waals surface area contributed by atoms with Crippen LogP contribution < -0.4 is 4.90 Å². The number of hydrogen-bond donors (Lipinski definition) is 0. The van der Waals surface area contributed by atoms with E-state index in [1.807, 2.05) is 19.0 Å². The zero-order valence-electron chi connectivity index (χ0n) is 19.3. The molecule has 3 aromatic rings. The lowest BCUT2D eigenvalue weighted by Gasteiger charge is -2.29. The quantitative estimate of drug-likeness (QED) is 0.405. The van der Waals surface area contributed by atoms with E-state index in [1.54, 1.807) is 12.1 Å². The van der Waals surface area contributed by atoms with Crippen molar-refractivity contribution in [2.24, 2.45) is 0 Å². The zero-order valence-corrected chi connectivity index (χ0v) is 23.4. The molecule has 4 rings (SSSR count). The Morgan fingerprint density at radius 2 is 1.89 bits per heavy atom. The number of nitrogens with zero attached hydrogens (tertiary/aromatic N) is 4. The molecule has 1 atom stereocenters. The topological polar surface area (TPSA) is 108 Å². The van der Waals surface area contributed by atoms with Gasteiger partial charge in [-0.15, -0.1) is 11.3 Å². The largest absolute Gasteiger partial charge is 0.308 e. The fourth-order valence-corrected chi connectivity index (χ4v) is 8.87. The number of hydrogen-bond acceptors (Lipinski definition) is 9. The van der Waals surface area contributed by atoms with Crippen LogP contribution in [0.4, 0.5) is 5.13 Å². The lowest BCUT2D eigenvalue weighted by molar-refractivity contribution is -0.121. The highest BCUT2D eigenvalue weighted by Crippen LogP contribution is 2.35. The minimum absolute atomic E-state index is 0.107. The van der Waals surface area contributed by atoms with Gasteiger partial charge in [0.05, 0.1) is 19.4 Å². The second-order valence-electron chi connectivity index (χ2n) is 8.52. The van der Waals surface area contributed by atoms with Crippen molar-refractivity contribution in [1.29, 1.82) is 0 Å². The zero-order chi connectivity index (χ0) is 25.5. The number of fused-ring (bicyclic) bond motifs is 1. The highest BCUT2D eigenvalue weighted by molar-refractivity contribution is 7.91. The van der Waals surface area contributed by atoms with Crippen molar-refractivity contribution in [2.75, 3.05) is 44.9 Å². The molecule has 0 spiro atoms. The maximum atomic E-state index is 13.8. The Labute approximate surface area is 217 Å². The number of sulfonamides is 1. The van der Waals surface area contributed by atoms with Gasteiger partial charge < -0.3 is 4.90 Å². The van der Waals surface area contributed by atoms with E-state index in [2.05, 4.69) is 4.98 Å². The minimum Gasteiger partial charge on any atom is -0.308 e. The second-order valence-corrected chi connectivity index (χ2v) is 15.4. The molecule has 0 radical (unpaired) electrons. The van der Waals surface area contributed by atoms with Gasteiger partial charge in [-0.05, 0) is 57.3 Å². The third kappa shape index (κ3) is 5.55. The number of thiazole rings is 1. The molecule has 1 saturated heterocycles. The van der Waals surface area contributed by atoms with Crippen molar-refractivity contribution in [3.8, 4) is 0 Å².